The van der Waals surface area contributed by atoms with E-state index < -0.39 is 0 Å². The smallest absolute Gasteiger partial charge is 0.305 e. The summed E-state index contributed by atoms with van der Waals surface area (Å²) in [5.41, 5.74) is 5.90. The summed E-state index contributed by atoms with van der Waals surface area (Å²) in [6.45, 7) is 0.683. The number of nitrogens with zero attached hydrogens (tertiary/aromatic N) is 3. The van der Waals surface area contributed by atoms with Gasteiger partial charge in [-0.15, -0.1) is 5.10 Å². The molecule has 0 spiro atoms. The Morgan fingerprint density at radius 1 is 0.906 bits per heavy atom. The Bertz CT molecular complexity index is 1250. The first kappa shape index (κ1) is 21.1. The number of aromatic nitrogens is 3. The molecular weight excluding hydrogens is 398 g/mol. The zero-order valence-corrected chi connectivity index (χ0v) is 17.9. The first-order valence-corrected chi connectivity index (χ1v) is 10.4. The summed E-state index contributed by atoms with van der Waals surface area (Å²) in [7, 11) is 1.41. The van der Waals surface area contributed by atoms with Gasteiger partial charge >= 0.3 is 5.97 Å². The van der Waals surface area contributed by atoms with E-state index in [4.69, 9.17) is 0 Å². The lowest BCUT2D eigenvalue weighted by Crippen LogP contribution is -2.01. The molecule has 5 nitrogen and oxygen atoms in total. The van der Waals surface area contributed by atoms with Gasteiger partial charge in [0.1, 0.15) is 5.69 Å². The molecule has 0 bridgehead atoms. The van der Waals surface area contributed by atoms with E-state index in [0.717, 1.165) is 27.9 Å². The molecule has 0 radical (unpaired) electrons. The number of carbonyl (C=O) groups is 1. The maximum absolute atomic E-state index is 11.3. The van der Waals surface area contributed by atoms with Gasteiger partial charge in [0.25, 0.3) is 0 Å². The number of carbonyl (C=O) groups excluding carboxylic acids is 1. The van der Waals surface area contributed by atoms with E-state index in [-0.39, 0.29) is 5.97 Å². The van der Waals surface area contributed by atoms with Crippen LogP contribution < -0.4 is 0 Å². The third-order valence-corrected chi connectivity index (χ3v) is 5.03. The van der Waals surface area contributed by atoms with E-state index in [1.807, 2.05) is 77.6 Å². The Morgan fingerprint density at radius 2 is 1.69 bits per heavy atom. The number of methoxy groups -OCH3 is 1. The van der Waals surface area contributed by atoms with E-state index in [9.17, 15) is 4.79 Å². The minimum atomic E-state index is -0.200. The Kier molecular flexibility index (Phi) is 6.74. The van der Waals surface area contributed by atoms with Crippen LogP contribution in [0.5, 0.6) is 0 Å². The summed E-state index contributed by atoms with van der Waals surface area (Å²) in [5, 5.41) is 8.57. The summed E-state index contributed by atoms with van der Waals surface area (Å²) in [4.78, 5) is 11.3. The zero-order chi connectivity index (χ0) is 22.2. The van der Waals surface area contributed by atoms with Gasteiger partial charge in [-0.2, -0.15) is 0 Å². The number of ether oxygens (including phenoxy) is 1. The Balaban J connectivity index is 1.43. The van der Waals surface area contributed by atoms with Crippen LogP contribution in [0, 0.1) is 11.8 Å². The van der Waals surface area contributed by atoms with Gasteiger partial charge in [0.15, 0.2) is 0 Å². The lowest BCUT2D eigenvalue weighted by molar-refractivity contribution is -0.140. The lowest BCUT2D eigenvalue weighted by atomic mass is 10.1. The van der Waals surface area contributed by atoms with E-state index in [1.165, 1.54) is 12.7 Å². The van der Waals surface area contributed by atoms with Gasteiger partial charge in [0.05, 0.1) is 19.9 Å². The van der Waals surface area contributed by atoms with Crippen molar-refractivity contribution in [2.24, 2.45) is 0 Å². The molecule has 5 heteroatoms. The normalized spacial score (nSPS) is 10.3. The third kappa shape index (κ3) is 5.71. The third-order valence-electron chi connectivity index (χ3n) is 5.03. The molecule has 0 amide bonds. The second-order valence-electron chi connectivity index (χ2n) is 7.39. The van der Waals surface area contributed by atoms with Crippen molar-refractivity contribution < 1.29 is 9.53 Å². The van der Waals surface area contributed by atoms with E-state index >= 15 is 0 Å². The molecule has 4 aromatic rings. The predicted molar refractivity (Wildman–Crippen MR) is 124 cm³/mol. The maximum Gasteiger partial charge on any atom is 0.305 e. The minimum absolute atomic E-state index is 0.200. The highest BCUT2D eigenvalue weighted by atomic mass is 16.5. The van der Waals surface area contributed by atoms with Gasteiger partial charge in [-0.3, -0.25) is 4.79 Å². The highest BCUT2D eigenvalue weighted by Gasteiger charge is 2.05. The van der Waals surface area contributed by atoms with Crippen LogP contribution >= 0.6 is 0 Å². The fraction of sp³-hybridized carbons (Fsp3) is 0.148. The van der Waals surface area contributed by atoms with Crippen molar-refractivity contribution in [3.8, 4) is 23.1 Å². The average Bonchev–Trinajstić information content (AvgIpc) is 3.31. The molecule has 0 aliphatic heterocycles. The van der Waals surface area contributed by atoms with Crippen molar-refractivity contribution in [1.29, 1.82) is 0 Å². The molecular formula is C27H23N3O2. The maximum atomic E-state index is 11.3. The molecule has 0 aliphatic rings. The predicted octanol–water partition coefficient (Wildman–Crippen LogP) is 4.50. The minimum Gasteiger partial charge on any atom is -0.469 e. The summed E-state index contributed by atoms with van der Waals surface area (Å²) in [6, 6.07) is 26.1. The summed E-state index contributed by atoms with van der Waals surface area (Å²) in [5.74, 6) is 6.22. The average molecular weight is 422 g/mol. The van der Waals surface area contributed by atoms with Crippen LogP contribution in [0.2, 0.25) is 0 Å². The fourth-order valence-corrected chi connectivity index (χ4v) is 3.28. The molecule has 0 N–H and O–H groups in total. The molecule has 1 heterocycles. The molecule has 0 aliphatic carbocycles. The topological polar surface area (TPSA) is 57.0 Å². The van der Waals surface area contributed by atoms with Crippen LogP contribution in [0.15, 0.2) is 85.1 Å². The van der Waals surface area contributed by atoms with Crippen LogP contribution in [0.3, 0.4) is 0 Å². The SMILES string of the molecule is COC(=O)CCc1ccc(C#Cc2cccc(-c3cn(Cc4ccccc4)nn3)c2)cc1. The molecule has 0 fully saturated rings. The molecule has 158 valence electrons. The summed E-state index contributed by atoms with van der Waals surface area (Å²) >= 11 is 0. The fourth-order valence-electron chi connectivity index (χ4n) is 3.28. The first-order valence-electron chi connectivity index (χ1n) is 10.4. The largest absolute Gasteiger partial charge is 0.469 e. The van der Waals surface area contributed by atoms with Gasteiger partial charge in [-0.05, 0) is 41.8 Å². The first-order chi connectivity index (χ1) is 15.7. The van der Waals surface area contributed by atoms with Crippen molar-refractivity contribution >= 4 is 5.97 Å². The van der Waals surface area contributed by atoms with Crippen molar-refractivity contribution in [2.45, 2.75) is 19.4 Å². The second kappa shape index (κ2) is 10.2. The Hall–Kier alpha value is -4.17. The Morgan fingerprint density at radius 3 is 2.47 bits per heavy atom. The van der Waals surface area contributed by atoms with Crippen molar-refractivity contribution in [3.05, 3.63) is 107 Å². The number of aryl methyl sites for hydroxylation is 1. The van der Waals surface area contributed by atoms with Crippen molar-refractivity contribution in [3.63, 3.8) is 0 Å². The van der Waals surface area contributed by atoms with Gasteiger partial charge in [-0.1, -0.05) is 71.7 Å². The highest BCUT2D eigenvalue weighted by Crippen LogP contribution is 2.18. The second-order valence-corrected chi connectivity index (χ2v) is 7.39. The van der Waals surface area contributed by atoms with Crippen LogP contribution in [-0.2, 0) is 22.5 Å². The molecule has 1 aromatic heterocycles. The lowest BCUT2D eigenvalue weighted by Gasteiger charge is -2.01. The summed E-state index contributed by atoms with van der Waals surface area (Å²) < 4.78 is 6.52. The van der Waals surface area contributed by atoms with Crippen molar-refractivity contribution in [1.82, 2.24) is 15.0 Å². The van der Waals surface area contributed by atoms with Gasteiger partial charge in [-0.25, -0.2) is 4.68 Å². The van der Waals surface area contributed by atoms with E-state index in [2.05, 4.69) is 39.0 Å². The molecule has 0 saturated carbocycles. The van der Waals surface area contributed by atoms with E-state index in [1.54, 1.807) is 0 Å². The van der Waals surface area contributed by atoms with Crippen LogP contribution in [-0.4, -0.2) is 28.1 Å². The van der Waals surface area contributed by atoms with Gasteiger partial charge in [0, 0.05) is 23.1 Å². The molecule has 4 rings (SSSR count). The van der Waals surface area contributed by atoms with Crippen LogP contribution in [0.25, 0.3) is 11.3 Å². The quantitative estimate of drug-likeness (QED) is 0.340. The molecule has 3 aromatic carbocycles. The number of benzene rings is 3. The Labute approximate surface area is 187 Å². The van der Waals surface area contributed by atoms with E-state index in [0.29, 0.717) is 19.4 Å². The van der Waals surface area contributed by atoms with Gasteiger partial charge in [0.2, 0.25) is 0 Å². The van der Waals surface area contributed by atoms with Crippen molar-refractivity contribution in [2.75, 3.05) is 7.11 Å². The number of hydrogen-bond donors (Lipinski definition) is 0. The number of esters is 1. The number of rotatable bonds is 6. The molecule has 0 unspecified atom stereocenters. The van der Waals surface area contributed by atoms with Crippen LogP contribution in [0.4, 0.5) is 0 Å². The molecule has 32 heavy (non-hydrogen) atoms. The molecule has 0 atom stereocenters. The summed E-state index contributed by atoms with van der Waals surface area (Å²) in [6.07, 6.45) is 2.99. The van der Waals surface area contributed by atoms with Gasteiger partial charge < -0.3 is 4.74 Å². The molecule has 0 saturated heterocycles. The van der Waals surface area contributed by atoms with Crippen LogP contribution in [0.1, 0.15) is 28.7 Å². The number of hydrogen-bond acceptors (Lipinski definition) is 4. The standard InChI is InChI=1S/C27H23N3O2/c1-32-27(31)17-16-22-12-10-21(11-13-22)14-15-23-8-5-9-25(18-23)26-20-30(29-28-26)19-24-6-3-2-4-7-24/h2-13,18,20H,16-17,19H2,1H3. The zero-order valence-electron chi connectivity index (χ0n) is 17.9. The highest BCUT2D eigenvalue weighted by molar-refractivity contribution is 5.69. The monoisotopic (exact) mass is 421 g/mol.